The summed E-state index contributed by atoms with van der Waals surface area (Å²) in [7, 11) is 1.82. The third-order valence-corrected chi connectivity index (χ3v) is 5.19. The number of nitrogens with zero attached hydrogens (tertiary/aromatic N) is 2. The van der Waals surface area contributed by atoms with Gasteiger partial charge in [0.25, 0.3) is 0 Å². The second-order valence-corrected chi connectivity index (χ2v) is 7.56. The second-order valence-electron chi connectivity index (χ2n) is 7.56. The van der Waals surface area contributed by atoms with Crippen molar-refractivity contribution in [2.45, 2.75) is 65.5 Å². The molecule has 0 bridgehead atoms. The number of nitrogens with one attached hydrogen (secondary N) is 2. The molecule has 1 fully saturated rings. The molecular formula is C22H39IN4O. The van der Waals surface area contributed by atoms with Crippen molar-refractivity contribution in [3.63, 3.8) is 0 Å². The average molecular weight is 502 g/mol. The van der Waals surface area contributed by atoms with Crippen LogP contribution in [0.15, 0.2) is 23.2 Å². The Morgan fingerprint density at radius 3 is 2.64 bits per heavy atom. The SMILES string of the molecule is CCC(C)Oc1cc(C)ccc1CNC(=NC)NCCCCN1CCCC1.I. The summed E-state index contributed by atoms with van der Waals surface area (Å²) in [5, 5.41) is 6.84. The molecule has 0 spiro atoms. The molecule has 0 aromatic heterocycles. The van der Waals surface area contributed by atoms with Crippen molar-refractivity contribution < 1.29 is 4.74 Å². The molecule has 1 atom stereocenters. The van der Waals surface area contributed by atoms with Gasteiger partial charge in [-0.05, 0) is 77.2 Å². The minimum atomic E-state index is 0. The highest BCUT2D eigenvalue weighted by Gasteiger charge is 2.11. The van der Waals surface area contributed by atoms with Crippen LogP contribution in [-0.4, -0.2) is 50.2 Å². The number of halogens is 1. The summed E-state index contributed by atoms with van der Waals surface area (Å²) in [6.45, 7) is 11.8. The Bertz CT molecular complexity index is 588. The van der Waals surface area contributed by atoms with E-state index in [1.807, 2.05) is 7.05 Å². The Morgan fingerprint density at radius 2 is 1.96 bits per heavy atom. The largest absolute Gasteiger partial charge is 0.490 e. The second kappa shape index (κ2) is 14.0. The Hall–Kier alpha value is -1.02. The number of likely N-dealkylation sites (tertiary alicyclic amines) is 1. The van der Waals surface area contributed by atoms with Gasteiger partial charge in [-0.3, -0.25) is 4.99 Å². The van der Waals surface area contributed by atoms with Gasteiger partial charge in [0.2, 0.25) is 0 Å². The van der Waals surface area contributed by atoms with E-state index < -0.39 is 0 Å². The number of benzene rings is 1. The summed E-state index contributed by atoms with van der Waals surface area (Å²) in [5.74, 6) is 1.82. The van der Waals surface area contributed by atoms with Gasteiger partial charge in [0.1, 0.15) is 5.75 Å². The maximum absolute atomic E-state index is 6.10. The van der Waals surface area contributed by atoms with Gasteiger partial charge in [-0.15, -0.1) is 24.0 Å². The third-order valence-electron chi connectivity index (χ3n) is 5.19. The van der Waals surface area contributed by atoms with Crippen LogP contribution in [0, 0.1) is 6.92 Å². The maximum Gasteiger partial charge on any atom is 0.191 e. The van der Waals surface area contributed by atoms with Gasteiger partial charge in [0.15, 0.2) is 5.96 Å². The molecule has 1 aromatic rings. The van der Waals surface area contributed by atoms with E-state index in [1.54, 1.807) is 0 Å². The van der Waals surface area contributed by atoms with Crippen molar-refractivity contribution in [2.75, 3.05) is 33.2 Å². The number of hydrogen-bond donors (Lipinski definition) is 2. The summed E-state index contributed by atoms with van der Waals surface area (Å²) < 4.78 is 6.10. The first-order chi connectivity index (χ1) is 13.1. The number of unbranched alkanes of at least 4 members (excludes halogenated alkanes) is 1. The van der Waals surface area contributed by atoms with E-state index in [0.29, 0.717) is 6.54 Å². The zero-order chi connectivity index (χ0) is 19.5. The average Bonchev–Trinajstić information content (AvgIpc) is 3.18. The molecule has 1 aliphatic heterocycles. The van der Waals surface area contributed by atoms with Crippen LogP contribution in [-0.2, 0) is 6.54 Å². The molecule has 2 rings (SSSR count). The van der Waals surface area contributed by atoms with Crippen molar-refractivity contribution in [2.24, 2.45) is 4.99 Å². The van der Waals surface area contributed by atoms with Crippen molar-refractivity contribution in [1.29, 1.82) is 0 Å². The van der Waals surface area contributed by atoms with E-state index in [-0.39, 0.29) is 30.1 Å². The third kappa shape index (κ3) is 8.99. The smallest absolute Gasteiger partial charge is 0.191 e. The molecule has 0 radical (unpaired) electrons. The Kier molecular flexibility index (Phi) is 12.5. The fourth-order valence-electron chi connectivity index (χ4n) is 3.29. The molecule has 5 nitrogen and oxygen atoms in total. The van der Waals surface area contributed by atoms with Gasteiger partial charge in [-0.1, -0.05) is 19.1 Å². The molecule has 0 aliphatic carbocycles. The minimum Gasteiger partial charge on any atom is -0.490 e. The molecule has 0 saturated carbocycles. The van der Waals surface area contributed by atoms with Gasteiger partial charge >= 0.3 is 0 Å². The number of rotatable bonds is 10. The number of aryl methyl sites for hydroxylation is 1. The maximum atomic E-state index is 6.10. The van der Waals surface area contributed by atoms with E-state index in [2.05, 4.69) is 59.5 Å². The fraction of sp³-hybridized carbons (Fsp3) is 0.682. The van der Waals surface area contributed by atoms with Gasteiger partial charge < -0.3 is 20.3 Å². The summed E-state index contributed by atoms with van der Waals surface area (Å²) >= 11 is 0. The van der Waals surface area contributed by atoms with Crippen LogP contribution < -0.4 is 15.4 Å². The van der Waals surface area contributed by atoms with Crippen molar-refractivity contribution in [3.8, 4) is 5.75 Å². The number of guanidine groups is 1. The van der Waals surface area contributed by atoms with E-state index in [4.69, 9.17) is 4.74 Å². The highest BCUT2D eigenvalue weighted by Crippen LogP contribution is 2.22. The first-order valence-corrected chi connectivity index (χ1v) is 10.6. The highest BCUT2D eigenvalue weighted by molar-refractivity contribution is 14.0. The molecule has 1 unspecified atom stereocenters. The molecule has 1 heterocycles. The van der Waals surface area contributed by atoms with Gasteiger partial charge in [0.05, 0.1) is 6.10 Å². The molecule has 28 heavy (non-hydrogen) atoms. The lowest BCUT2D eigenvalue weighted by Gasteiger charge is -2.18. The molecule has 6 heteroatoms. The fourth-order valence-corrected chi connectivity index (χ4v) is 3.29. The summed E-state index contributed by atoms with van der Waals surface area (Å²) in [4.78, 5) is 6.92. The van der Waals surface area contributed by atoms with Crippen LogP contribution in [0.5, 0.6) is 5.75 Å². The molecule has 0 amide bonds. The van der Waals surface area contributed by atoms with Gasteiger partial charge in [0, 0.05) is 25.7 Å². The Labute approximate surface area is 188 Å². The summed E-state index contributed by atoms with van der Waals surface area (Å²) in [6.07, 6.45) is 6.38. The molecular weight excluding hydrogens is 463 g/mol. The lowest BCUT2D eigenvalue weighted by molar-refractivity contribution is 0.215. The lowest BCUT2D eigenvalue weighted by atomic mass is 10.1. The zero-order valence-electron chi connectivity index (χ0n) is 18.1. The first-order valence-electron chi connectivity index (χ1n) is 10.6. The van der Waals surface area contributed by atoms with Crippen LogP contribution in [0.2, 0.25) is 0 Å². The lowest BCUT2D eigenvalue weighted by Crippen LogP contribution is -2.37. The van der Waals surface area contributed by atoms with Crippen molar-refractivity contribution >= 4 is 29.9 Å². The highest BCUT2D eigenvalue weighted by atomic mass is 127. The molecule has 1 saturated heterocycles. The van der Waals surface area contributed by atoms with Crippen LogP contribution in [0.3, 0.4) is 0 Å². The predicted molar refractivity (Wildman–Crippen MR) is 130 cm³/mol. The Morgan fingerprint density at radius 1 is 1.21 bits per heavy atom. The molecule has 160 valence electrons. The standard InChI is InChI=1S/C22H38N4O.HI/c1-5-19(3)27-21-16-18(2)10-11-20(21)17-25-22(23-4)24-12-6-7-13-26-14-8-9-15-26;/h10-11,16,19H,5-9,12-15,17H2,1-4H3,(H2,23,24,25);1H. The molecule has 2 N–H and O–H groups in total. The van der Waals surface area contributed by atoms with E-state index in [0.717, 1.165) is 30.2 Å². The monoisotopic (exact) mass is 502 g/mol. The van der Waals surface area contributed by atoms with Gasteiger partial charge in [-0.25, -0.2) is 0 Å². The number of ether oxygens (including phenoxy) is 1. The summed E-state index contributed by atoms with van der Waals surface area (Å²) in [5.41, 5.74) is 2.38. The number of hydrogen-bond acceptors (Lipinski definition) is 3. The van der Waals surface area contributed by atoms with Crippen molar-refractivity contribution in [1.82, 2.24) is 15.5 Å². The van der Waals surface area contributed by atoms with Crippen LogP contribution in [0.25, 0.3) is 0 Å². The van der Waals surface area contributed by atoms with Crippen molar-refractivity contribution in [3.05, 3.63) is 29.3 Å². The van der Waals surface area contributed by atoms with Crippen LogP contribution in [0.4, 0.5) is 0 Å². The van der Waals surface area contributed by atoms with E-state index >= 15 is 0 Å². The minimum absolute atomic E-state index is 0. The van der Waals surface area contributed by atoms with E-state index in [1.165, 1.54) is 50.9 Å². The van der Waals surface area contributed by atoms with Crippen LogP contribution in [0.1, 0.15) is 57.1 Å². The predicted octanol–water partition coefficient (Wildman–Crippen LogP) is 4.33. The molecule has 1 aliphatic rings. The summed E-state index contributed by atoms with van der Waals surface area (Å²) in [6, 6.07) is 6.40. The molecule has 1 aromatic carbocycles. The van der Waals surface area contributed by atoms with Crippen LogP contribution >= 0.6 is 24.0 Å². The topological polar surface area (TPSA) is 48.9 Å². The van der Waals surface area contributed by atoms with Gasteiger partial charge in [-0.2, -0.15) is 0 Å². The van der Waals surface area contributed by atoms with E-state index in [9.17, 15) is 0 Å². The normalized spacial score (nSPS) is 15.8. The quantitative estimate of drug-likeness (QED) is 0.217. The Balaban J connectivity index is 0.00000392. The first kappa shape index (κ1) is 25.0. The zero-order valence-corrected chi connectivity index (χ0v) is 20.4. The number of aliphatic imine (C=N–C) groups is 1.